The van der Waals surface area contributed by atoms with Crippen molar-refractivity contribution in [3.63, 3.8) is 0 Å². The number of para-hydroxylation sites is 1. The maximum Gasteiger partial charge on any atom is 0.323 e. The van der Waals surface area contributed by atoms with E-state index in [0.717, 1.165) is 0 Å². The molecule has 12 heteroatoms. The summed E-state index contributed by atoms with van der Waals surface area (Å²) in [5, 5.41) is 8.77. The molecule has 184 valence electrons. The summed E-state index contributed by atoms with van der Waals surface area (Å²) in [4.78, 5) is 39.4. The van der Waals surface area contributed by atoms with Gasteiger partial charge in [-0.3, -0.25) is 10.1 Å². The van der Waals surface area contributed by atoms with E-state index in [4.69, 9.17) is 4.52 Å². The highest BCUT2D eigenvalue weighted by Crippen LogP contribution is 2.30. The van der Waals surface area contributed by atoms with Crippen molar-refractivity contribution in [2.45, 2.75) is 19.6 Å². The molecule has 0 aliphatic carbocycles. The number of aliphatic imine (C=N–C) groups is 1. The van der Waals surface area contributed by atoms with Crippen molar-refractivity contribution < 1.29 is 18.5 Å². The lowest BCUT2D eigenvalue weighted by Crippen LogP contribution is -2.48. The second-order valence-corrected chi connectivity index (χ2v) is 7.81. The molecule has 3 heterocycles. The number of hydrogen-bond acceptors (Lipinski definition) is 6. The Hall–Kier alpha value is -4.51. The fourth-order valence-electron chi connectivity index (χ4n) is 3.79. The van der Waals surface area contributed by atoms with Gasteiger partial charge in [-0.05, 0) is 25.1 Å². The van der Waals surface area contributed by atoms with E-state index in [2.05, 4.69) is 30.8 Å². The number of H-pyrrole nitrogens is 1. The van der Waals surface area contributed by atoms with E-state index in [-0.39, 0.29) is 36.1 Å². The predicted octanol–water partition coefficient (Wildman–Crippen LogP) is 3.80. The molecule has 3 N–H and O–H groups in total. The Morgan fingerprint density at radius 1 is 1.17 bits per heavy atom. The standard InChI is InChI=1S/C24H20FN7O3.ClH/c1-14-10-20(35-31-14)28-24(34)30-22-23(33)32(12-15-11-26-13-27-15)19-9-5-3-7-17(19)21(29-22)16-6-2-4-8-18(16)25;/h2-11,13,22H,12H2,1H3,(H,26,27)(H2,28,30,34);1H. The second kappa shape index (κ2) is 10.4. The average molecular weight is 510 g/mol. The Morgan fingerprint density at radius 2 is 1.92 bits per heavy atom. The largest absolute Gasteiger partial charge is 0.347 e. The fraction of sp³-hybridized carbons (Fsp3) is 0.125. The number of imidazole rings is 1. The van der Waals surface area contributed by atoms with E-state index < -0.39 is 23.9 Å². The number of anilines is 2. The highest BCUT2D eigenvalue weighted by molar-refractivity contribution is 6.20. The lowest BCUT2D eigenvalue weighted by Gasteiger charge is -2.25. The number of carbonyl (C=O) groups is 2. The molecule has 0 spiro atoms. The smallest absolute Gasteiger partial charge is 0.323 e. The minimum Gasteiger partial charge on any atom is -0.347 e. The molecule has 1 aliphatic heterocycles. The molecule has 1 unspecified atom stereocenters. The molecule has 0 fully saturated rings. The van der Waals surface area contributed by atoms with Crippen molar-refractivity contribution >= 4 is 41.6 Å². The van der Waals surface area contributed by atoms with Crippen LogP contribution in [0.2, 0.25) is 0 Å². The topological polar surface area (TPSA) is 129 Å². The Kier molecular flexibility index (Phi) is 7.11. The van der Waals surface area contributed by atoms with Gasteiger partial charge in [0, 0.05) is 23.4 Å². The zero-order chi connectivity index (χ0) is 24.4. The number of rotatable bonds is 5. The van der Waals surface area contributed by atoms with Gasteiger partial charge in [-0.15, -0.1) is 12.4 Å². The summed E-state index contributed by atoms with van der Waals surface area (Å²) < 4.78 is 19.9. The first kappa shape index (κ1) is 24.6. The SMILES string of the molecule is Cc1cc(NC(=O)NC2N=C(c3ccccc3F)c3ccccc3N(Cc3cnc[nH]3)C2=O)on1.Cl. The summed E-state index contributed by atoms with van der Waals surface area (Å²) in [5.41, 5.74) is 2.74. The van der Waals surface area contributed by atoms with Crippen LogP contribution in [-0.4, -0.2) is 38.9 Å². The predicted molar refractivity (Wildman–Crippen MR) is 133 cm³/mol. The van der Waals surface area contributed by atoms with Crippen LogP contribution in [0.15, 0.2) is 76.6 Å². The molecule has 4 aromatic rings. The zero-order valence-electron chi connectivity index (χ0n) is 18.9. The van der Waals surface area contributed by atoms with E-state index in [0.29, 0.717) is 22.6 Å². The first-order valence-corrected chi connectivity index (χ1v) is 10.7. The van der Waals surface area contributed by atoms with Gasteiger partial charge in [0.05, 0.1) is 35.7 Å². The maximum atomic E-state index is 14.9. The minimum atomic E-state index is -1.36. The molecule has 0 saturated heterocycles. The molecule has 2 aromatic carbocycles. The van der Waals surface area contributed by atoms with E-state index in [1.54, 1.807) is 55.6 Å². The lowest BCUT2D eigenvalue weighted by molar-refractivity contribution is -0.120. The highest BCUT2D eigenvalue weighted by Gasteiger charge is 2.34. The number of nitrogens with one attached hydrogen (secondary N) is 3. The molecular weight excluding hydrogens is 489 g/mol. The zero-order valence-corrected chi connectivity index (χ0v) is 19.8. The van der Waals surface area contributed by atoms with Crippen LogP contribution in [0, 0.1) is 12.7 Å². The third-order valence-corrected chi connectivity index (χ3v) is 5.35. The lowest BCUT2D eigenvalue weighted by atomic mass is 9.99. The van der Waals surface area contributed by atoms with Crippen LogP contribution < -0.4 is 15.5 Å². The molecule has 0 saturated carbocycles. The van der Waals surface area contributed by atoms with Crippen molar-refractivity contribution in [3.05, 3.63) is 95.5 Å². The van der Waals surface area contributed by atoms with Gasteiger partial charge in [-0.25, -0.2) is 19.2 Å². The summed E-state index contributed by atoms with van der Waals surface area (Å²) in [7, 11) is 0. The Balaban J connectivity index is 0.00000304. The monoisotopic (exact) mass is 509 g/mol. The number of hydrogen-bond donors (Lipinski definition) is 3. The van der Waals surface area contributed by atoms with Gasteiger partial charge in [-0.2, -0.15) is 0 Å². The number of benzene rings is 2. The first-order chi connectivity index (χ1) is 17.0. The van der Waals surface area contributed by atoms with Gasteiger partial charge in [0.25, 0.3) is 5.91 Å². The van der Waals surface area contributed by atoms with Crippen molar-refractivity contribution in [1.29, 1.82) is 0 Å². The number of amides is 3. The van der Waals surface area contributed by atoms with Crippen LogP contribution in [0.4, 0.5) is 20.8 Å². The summed E-state index contributed by atoms with van der Waals surface area (Å²) in [5.74, 6) is -0.907. The van der Waals surface area contributed by atoms with Gasteiger partial charge >= 0.3 is 6.03 Å². The normalized spacial score (nSPS) is 14.8. The van der Waals surface area contributed by atoms with Crippen LogP contribution in [0.25, 0.3) is 0 Å². The number of aryl methyl sites for hydroxylation is 1. The number of halogens is 2. The minimum absolute atomic E-state index is 0. The van der Waals surface area contributed by atoms with Crippen molar-refractivity contribution in [1.82, 2.24) is 20.4 Å². The van der Waals surface area contributed by atoms with Crippen molar-refractivity contribution in [2.24, 2.45) is 4.99 Å². The third-order valence-electron chi connectivity index (χ3n) is 5.35. The first-order valence-electron chi connectivity index (χ1n) is 10.7. The molecule has 1 atom stereocenters. The fourth-order valence-corrected chi connectivity index (χ4v) is 3.79. The number of urea groups is 1. The molecule has 1 aliphatic rings. The van der Waals surface area contributed by atoms with Crippen molar-refractivity contribution in [2.75, 3.05) is 10.2 Å². The maximum absolute atomic E-state index is 14.9. The number of aromatic amines is 1. The number of aromatic nitrogens is 3. The number of benzodiazepines with no additional fused rings is 1. The molecule has 3 amide bonds. The van der Waals surface area contributed by atoms with Crippen LogP contribution in [0.3, 0.4) is 0 Å². The summed E-state index contributed by atoms with van der Waals surface area (Å²) >= 11 is 0. The molecule has 10 nitrogen and oxygen atoms in total. The number of fused-ring (bicyclic) bond motifs is 1. The highest BCUT2D eigenvalue weighted by atomic mass is 35.5. The quantitative estimate of drug-likeness (QED) is 0.377. The third kappa shape index (κ3) is 4.96. The average Bonchev–Trinajstić information content (AvgIpc) is 3.50. The van der Waals surface area contributed by atoms with E-state index >= 15 is 0 Å². The Morgan fingerprint density at radius 3 is 2.61 bits per heavy atom. The number of nitrogens with zero attached hydrogens (tertiary/aromatic N) is 4. The van der Waals surface area contributed by atoms with Gasteiger partial charge < -0.3 is 19.7 Å². The van der Waals surface area contributed by atoms with Gasteiger partial charge in [-0.1, -0.05) is 35.5 Å². The van der Waals surface area contributed by atoms with Crippen LogP contribution in [0.5, 0.6) is 0 Å². The van der Waals surface area contributed by atoms with Crippen LogP contribution in [0.1, 0.15) is 22.5 Å². The van der Waals surface area contributed by atoms with E-state index in [1.807, 2.05) is 0 Å². The molecule has 5 rings (SSSR count). The summed E-state index contributed by atoms with van der Waals surface area (Å²) in [6, 6.07) is 14.0. The van der Waals surface area contributed by atoms with E-state index in [9.17, 15) is 14.0 Å². The van der Waals surface area contributed by atoms with Crippen molar-refractivity contribution in [3.8, 4) is 0 Å². The molecular formula is C24H21ClFN7O3. The summed E-state index contributed by atoms with van der Waals surface area (Å²) in [6.07, 6.45) is 1.75. The van der Waals surface area contributed by atoms with Crippen LogP contribution >= 0.6 is 12.4 Å². The van der Waals surface area contributed by atoms with Gasteiger partial charge in [0.2, 0.25) is 12.0 Å². The number of carbonyl (C=O) groups excluding carboxylic acids is 2. The molecule has 0 bridgehead atoms. The van der Waals surface area contributed by atoms with Gasteiger partial charge in [0.15, 0.2) is 0 Å². The Labute approximate surface area is 211 Å². The summed E-state index contributed by atoms with van der Waals surface area (Å²) in [6.45, 7) is 1.84. The molecule has 36 heavy (non-hydrogen) atoms. The van der Waals surface area contributed by atoms with E-state index in [1.165, 1.54) is 23.4 Å². The second-order valence-electron chi connectivity index (χ2n) is 7.81. The van der Waals surface area contributed by atoms with Gasteiger partial charge in [0.1, 0.15) is 5.82 Å². The molecule has 0 radical (unpaired) electrons. The van der Waals surface area contributed by atoms with Crippen LogP contribution in [-0.2, 0) is 11.3 Å². The molecule has 2 aromatic heterocycles. The Bertz CT molecular complexity index is 1420.